The topological polar surface area (TPSA) is 32.9 Å². The van der Waals surface area contributed by atoms with Crippen LogP contribution < -0.4 is 4.87 Å². The summed E-state index contributed by atoms with van der Waals surface area (Å²) in [5.74, 6) is 0. The lowest BCUT2D eigenvalue weighted by molar-refractivity contribution is 1.35. The predicted octanol–water partition coefficient (Wildman–Crippen LogP) is 2.93. The summed E-state index contributed by atoms with van der Waals surface area (Å²) >= 11 is 6.15. The summed E-state index contributed by atoms with van der Waals surface area (Å²) in [6.07, 6.45) is 0. The molecule has 2 heterocycles. The largest absolute Gasteiger partial charge is 0.312 e. The molecular weight excluding hydrogens is 258 g/mol. The molecule has 12 heavy (non-hydrogen) atoms. The molecule has 62 valence electrons. The molecule has 1 N–H and O–H groups in total. The van der Waals surface area contributed by atoms with Crippen molar-refractivity contribution >= 4 is 38.6 Å². The van der Waals surface area contributed by atoms with Gasteiger partial charge in [0.15, 0.2) is 0 Å². The fraction of sp³-hybridized carbons (Fsp3) is 0. The minimum absolute atomic E-state index is 0.00507. The highest BCUT2D eigenvalue weighted by atomic mass is 79.9. The van der Waals surface area contributed by atoms with Crippen molar-refractivity contribution in [1.29, 1.82) is 0 Å². The van der Waals surface area contributed by atoms with Crippen LogP contribution in [0.5, 0.6) is 0 Å². The van der Waals surface area contributed by atoms with E-state index in [1.165, 1.54) is 11.3 Å². The molecule has 0 atom stereocenters. The first kappa shape index (κ1) is 8.22. The molecule has 2 nitrogen and oxygen atoms in total. The van der Waals surface area contributed by atoms with Crippen LogP contribution in [0.4, 0.5) is 0 Å². The van der Waals surface area contributed by atoms with Crippen LogP contribution in [0.15, 0.2) is 26.1 Å². The number of hydrogen-bond acceptors (Lipinski definition) is 3. The van der Waals surface area contributed by atoms with E-state index < -0.39 is 0 Å². The second-order valence-electron chi connectivity index (χ2n) is 2.19. The summed E-state index contributed by atoms with van der Waals surface area (Å²) in [6.45, 7) is 0. The zero-order valence-corrected chi connectivity index (χ0v) is 9.05. The lowest BCUT2D eigenvalue weighted by Crippen LogP contribution is -1.91. The van der Waals surface area contributed by atoms with Crippen molar-refractivity contribution < 1.29 is 0 Å². The highest BCUT2D eigenvalue weighted by Gasteiger charge is 2.02. The van der Waals surface area contributed by atoms with E-state index in [0.717, 1.165) is 15.0 Å². The number of H-pyrrole nitrogens is 1. The third kappa shape index (κ3) is 1.53. The van der Waals surface area contributed by atoms with Crippen LogP contribution >= 0.6 is 38.6 Å². The first-order valence-corrected chi connectivity index (χ1v) is 5.73. The van der Waals surface area contributed by atoms with Crippen LogP contribution in [-0.2, 0) is 0 Å². The Labute approximate surface area is 85.0 Å². The number of halogens is 1. The normalized spacial score (nSPS) is 10.4. The van der Waals surface area contributed by atoms with E-state index in [9.17, 15) is 4.79 Å². The molecule has 5 heteroatoms. The van der Waals surface area contributed by atoms with Gasteiger partial charge in [0.05, 0.1) is 10.6 Å². The maximum Gasteiger partial charge on any atom is 0.304 e. The molecule has 2 aromatic heterocycles. The summed E-state index contributed by atoms with van der Waals surface area (Å²) in [5, 5.41) is 3.83. The molecule has 0 aliphatic rings. The van der Waals surface area contributed by atoms with E-state index in [0.29, 0.717) is 0 Å². The highest BCUT2D eigenvalue weighted by molar-refractivity contribution is 9.10. The van der Waals surface area contributed by atoms with Crippen molar-refractivity contribution in [3.63, 3.8) is 0 Å². The first-order valence-electron chi connectivity index (χ1n) is 3.18. The molecule has 0 amide bonds. The van der Waals surface area contributed by atoms with Crippen LogP contribution in [0.2, 0.25) is 0 Å². The molecule has 2 rings (SSSR count). The summed E-state index contributed by atoms with van der Waals surface area (Å²) in [4.78, 5) is 14.7. The van der Waals surface area contributed by atoms with Crippen molar-refractivity contribution in [2.75, 3.05) is 0 Å². The maximum atomic E-state index is 10.8. The number of nitrogens with one attached hydrogen (secondary N) is 1. The molecule has 0 bridgehead atoms. The van der Waals surface area contributed by atoms with Gasteiger partial charge >= 0.3 is 4.87 Å². The molecule has 2 aromatic rings. The van der Waals surface area contributed by atoms with Crippen LogP contribution in [0, 0.1) is 0 Å². The standard InChI is InChI=1S/C7H4BrNOS2/c8-4-1-6(11-2-4)5-3-12-7(10)9-5/h1-3H,(H,9,10). The Bertz CT molecular complexity index is 442. The van der Waals surface area contributed by atoms with Gasteiger partial charge in [0.25, 0.3) is 0 Å². The molecule has 0 fully saturated rings. The minimum Gasteiger partial charge on any atom is -0.312 e. The lowest BCUT2D eigenvalue weighted by Gasteiger charge is -1.85. The van der Waals surface area contributed by atoms with Gasteiger partial charge in [-0.1, -0.05) is 11.3 Å². The second kappa shape index (κ2) is 3.16. The van der Waals surface area contributed by atoms with Crippen LogP contribution in [0.3, 0.4) is 0 Å². The fourth-order valence-corrected chi connectivity index (χ4v) is 2.91. The quantitative estimate of drug-likeness (QED) is 0.842. The molecule has 0 saturated carbocycles. The Kier molecular flexibility index (Phi) is 2.16. The van der Waals surface area contributed by atoms with Gasteiger partial charge in [-0.2, -0.15) is 0 Å². The second-order valence-corrected chi connectivity index (χ2v) is 4.86. The third-order valence-corrected chi connectivity index (χ3v) is 3.75. The molecule has 0 aliphatic heterocycles. The summed E-state index contributed by atoms with van der Waals surface area (Å²) in [6, 6.07) is 1.99. The summed E-state index contributed by atoms with van der Waals surface area (Å²) in [7, 11) is 0. The molecule has 0 spiro atoms. The summed E-state index contributed by atoms with van der Waals surface area (Å²) < 4.78 is 1.05. The molecule has 0 radical (unpaired) electrons. The van der Waals surface area contributed by atoms with Crippen LogP contribution in [0.25, 0.3) is 10.6 Å². The Morgan fingerprint density at radius 1 is 1.33 bits per heavy atom. The fourth-order valence-electron chi connectivity index (χ4n) is 0.855. The number of hydrogen-bond donors (Lipinski definition) is 1. The number of thiophene rings is 1. The van der Waals surface area contributed by atoms with E-state index >= 15 is 0 Å². The van der Waals surface area contributed by atoms with E-state index in [4.69, 9.17) is 0 Å². The third-order valence-electron chi connectivity index (χ3n) is 1.35. The predicted molar refractivity (Wildman–Crippen MR) is 56.0 cm³/mol. The van der Waals surface area contributed by atoms with Crippen LogP contribution in [0.1, 0.15) is 0 Å². The molecule has 0 aromatic carbocycles. The molecule has 0 aliphatic carbocycles. The smallest absolute Gasteiger partial charge is 0.304 e. The number of aromatic nitrogens is 1. The van der Waals surface area contributed by atoms with Gasteiger partial charge in [-0.05, 0) is 22.0 Å². The van der Waals surface area contributed by atoms with Gasteiger partial charge in [-0.3, -0.25) is 4.79 Å². The van der Waals surface area contributed by atoms with Crippen molar-refractivity contribution in [3.05, 3.63) is 31.0 Å². The van der Waals surface area contributed by atoms with Crippen molar-refractivity contribution in [2.24, 2.45) is 0 Å². The van der Waals surface area contributed by atoms with Crippen molar-refractivity contribution in [3.8, 4) is 10.6 Å². The summed E-state index contributed by atoms with van der Waals surface area (Å²) in [5.41, 5.74) is 0.903. The number of aromatic amines is 1. The Morgan fingerprint density at radius 3 is 2.67 bits per heavy atom. The Hall–Kier alpha value is -0.390. The van der Waals surface area contributed by atoms with Crippen molar-refractivity contribution in [2.45, 2.75) is 0 Å². The minimum atomic E-state index is -0.00507. The van der Waals surface area contributed by atoms with Gasteiger partial charge in [0, 0.05) is 15.2 Å². The number of rotatable bonds is 1. The van der Waals surface area contributed by atoms with Crippen LogP contribution in [-0.4, -0.2) is 4.98 Å². The van der Waals surface area contributed by atoms with Gasteiger partial charge < -0.3 is 4.98 Å². The van der Waals surface area contributed by atoms with E-state index in [1.54, 1.807) is 11.3 Å². The first-order chi connectivity index (χ1) is 5.75. The van der Waals surface area contributed by atoms with E-state index in [2.05, 4.69) is 20.9 Å². The molecule has 0 saturated heterocycles. The highest BCUT2D eigenvalue weighted by Crippen LogP contribution is 2.28. The van der Waals surface area contributed by atoms with E-state index in [1.807, 2.05) is 16.8 Å². The zero-order valence-electron chi connectivity index (χ0n) is 5.83. The Balaban J connectivity index is 2.50. The van der Waals surface area contributed by atoms with Gasteiger partial charge in [-0.15, -0.1) is 11.3 Å². The zero-order chi connectivity index (χ0) is 8.55. The van der Waals surface area contributed by atoms with Gasteiger partial charge in [-0.25, -0.2) is 0 Å². The van der Waals surface area contributed by atoms with Gasteiger partial charge in [0.1, 0.15) is 0 Å². The number of thiazole rings is 1. The SMILES string of the molecule is O=c1[nH]c(-c2cc(Br)cs2)cs1. The van der Waals surface area contributed by atoms with Gasteiger partial charge in [0.2, 0.25) is 0 Å². The average molecular weight is 262 g/mol. The monoisotopic (exact) mass is 261 g/mol. The lowest BCUT2D eigenvalue weighted by atomic mass is 10.4. The average Bonchev–Trinajstić information content (AvgIpc) is 2.58. The Morgan fingerprint density at radius 2 is 2.17 bits per heavy atom. The molecular formula is C7H4BrNOS2. The van der Waals surface area contributed by atoms with Crippen molar-refractivity contribution in [1.82, 2.24) is 4.98 Å². The maximum absolute atomic E-state index is 10.8. The molecule has 0 unspecified atom stereocenters. The van der Waals surface area contributed by atoms with E-state index in [-0.39, 0.29) is 4.87 Å².